The van der Waals surface area contributed by atoms with E-state index in [1.165, 1.54) is 32.4 Å². The van der Waals surface area contributed by atoms with E-state index in [-0.39, 0.29) is 17.4 Å². The second-order valence-electron chi connectivity index (χ2n) is 7.44. The van der Waals surface area contributed by atoms with Gasteiger partial charge in [0.15, 0.2) is 0 Å². The maximum atomic E-state index is 12.7. The molecule has 1 amide bonds. The number of likely N-dealkylation sites (N-methyl/N-ethyl adjacent to an activating group) is 1. The van der Waals surface area contributed by atoms with E-state index in [0.717, 1.165) is 19.5 Å². The zero-order valence-corrected chi connectivity index (χ0v) is 13.6. The number of piperidine rings is 2. The van der Waals surface area contributed by atoms with Crippen LogP contribution in [-0.4, -0.2) is 62.0 Å². The number of nitrogens with zero attached hydrogens (tertiary/aromatic N) is 2. The third kappa shape index (κ3) is 3.73. The molecule has 4 nitrogen and oxygen atoms in total. The lowest BCUT2D eigenvalue weighted by Crippen LogP contribution is -2.56. The lowest BCUT2D eigenvalue weighted by molar-refractivity contribution is -0.136. The SMILES string of the molecule is CN1CCC(CN(C)C(=O)C2NCCCC2(C)C)CC1. The molecular weight excluding hydrogens is 250 g/mol. The van der Waals surface area contributed by atoms with E-state index in [9.17, 15) is 4.79 Å². The molecule has 0 saturated carbocycles. The van der Waals surface area contributed by atoms with Crippen LogP contribution in [-0.2, 0) is 4.79 Å². The van der Waals surface area contributed by atoms with Gasteiger partial charge in [-0.25, -0.2) is 0 Å². The van der Waals surface area contributed by atoms with Gasteiger partial charge in [0.1, 0.15) is 0 Å². The van der Waals surface area contributed by atoms with Crippen LogP contribution in [0.5, 0.6) is 0 Å². The lowest BCUT2D eigenvalue weighted by Gasteiger charge is -2.41. The Morgan fingerprint density at radius 2 is 2.00 bits per heavy atom. The Morgan fingerprint density at radius 1 is 1.35 bits per heavy atom. The number of carbonyl (C=O) groups excluding carboxylic acids is 1. The quantitative estimate of drug-likeness (QED) is 0.853. The fourth-order valence-corrected chi connectivity index (χ4v) is 3.57. The minimum atomic E-state index is -0.00693. The van der Waals surface area contributed by atoms with Crippen molar-refractivity contribution in [2.75, 3.05) is 40.3 Å². The monoisotopic (exact) mass is 281 g/mol. The summed E-state index contributed by atoms with van der Waals surface area (Å²) in [6.07, 6.45) is 4.75. The van der Waals surface area contributed by atoms with Crippen molar-refractivity contribution in [3.63, 3.8) is 0 Å². The van der Waals surface area contributed by atoms with Crippen LogP contribution in [0.2, 0.25) is 0 Å². The number of likely N-dealkylation sites (tertiary alicyclic amines) is 1. The summed E-state index contributed by atoms with van der Waals surface area (Å²) in [4.78, 5) is 17.1. The first-order chi connectivity index (χ1) is 9.40. The van der Waals surface area contributed by atoms with Crippen molar-refractivity contribution < 1.29 is 4.79 Å². The van der Waals surface area contributed by atoms with Gasteiger partial charge in [-0.15, -0.1) is 0 Å². The first-order valence-corrected chi connectivity index (χ1v) is 8.07. The van der Waals surface area contributed by atoms with Crippen molar-refractivity contribution >= 4 is 5.91 Å². The maximum absolute atomic E-state index is 12.7. The summed E-state index contributed by atoms with van der Waals surface area (Å²) in [6, 6.07) is -0.00693. The Kier molecular flexibility index (Phi) is 5.08. The topological polar surface area (TPSA) is 35.6 Å². The van der Waals surface area contributed by atoms with Gasteiger partial charge in [0.2, 0.25) is 5.91 Å². The van der Waals surface area contributed by atoms with E-state index in [2.05, 4.69) is 31.1 Å². The molecule has 2 fully saturated rings. The van der Waals surface area contributed by atoms with Gasteiger partial charge in [0.05, 0.1) is 6.04 Å². The molecule has 1 atom stereocenters. The second-order valence-corrected chi connectivity index (χ2v) is 7.44. The minimum Gasteiger partial charge on any atom is -0.344 e. The normalized spacial score (nSPS) is 28.3. The van der Waals surface area contributed by atoms with E-state index >= 15 is 0 Å². The third-order valence-corrected chi connectivity index (χ3v) is 5.12. The van der Waals surface area contributed by atoms with Gasteiger partial charge in [0, 0.05) is 13.6 Å². The first-order valence-electron chi connectivity index (χ1n) is 8.07. The Bertz CT molecular complexity index is 335. The first kappa shape index (κ1) is 15.8. The Balaban J connectivity index is 1.88. The molecule has 2 rings (SSSR count). The molecule has 2 saturated heterocycles. The van der Waals surface area contributed by atoms with Gasteiger partial charge in [0.25, 0.3) is 0 Å². The molecule has 0 aromatic carbocycles. The highest BCUT2D eigenvalue weighted by atomic mass is 16.2. The van der Waals surface area contributed by atoms with Crippen molar-refractivity contribution in [3.05, 3.63) is 0 Å². The van der Waals surface area contributed by atoms with Crippen molar-refractivity contribution in [2.45, 2.75) is 45.6 Å². The fourth-order valence-electron chi connectivity index (χ4n) is 3.57. The van der Waals surface area contributed by atoms with E-state index in [4.69, 9.17) is 0 Å². The number of carbonyl (C=O) groups is 1. The van der Waals surface area contributed by atoms with Crippen molar-refractivity contribution in [1.29, 1.82) is 0 Å². The molecule has 116 valence electrons. The zero-order valence-electron chi connectivity index (χ0n) is 13.6. The predicted octanol–water partition coefficient (Wildman–Crippen LogP) is 1.56. The Labute approximate surface area is 123 Å². The summed E-state index contributed by atoms with van der Waals surface area (Å²) < 4.78 is 0. The molecule has 20 heavy (non-hydrogen) atoms. The number of hydrogen-bond donors (Lipinski definition) is 1. The highest BCUT2D eigenvalue weighted by molar-refractivity contribution is 5.82. The largest absolute Gasteiger partial charge is 0.344 e. The molecule has 1 N–H and O–H groups in total. The van der Waals surface area contributed by atoms with Crippen molar-refractivity contribution in [1.82, 2.24) is 15.1 Å². The average Bonchev–Trinajstić information content (AvgIpc) is 2.40. The van der Waals surface area contributed by atoms with E-state index in [1.807, 2.05) is 11.9 Å². The Hall–Kier alpha value is -0.610. The summed E-state index contributed by atoms with van der Waals surface area (Å²) in [7, 11) is 4.16. The molecule has 0 aliphatic carbocycles. The molecular formula is C16H31N3O. The summed E-state index contributed by atoms with van der Waals surface area (Å²) in [5.74, 6) is 0.959. The number of nitrogens with one attached hydrogen (secondary N) is 1. The zero-order chi connectivity index (χ0) is 14.8. The van der Waals surface area contributed by atoms with Crippen LogP contribution in [0, 0.1) is 11.3 Å². The van der Waals surface area contributed by atoms with Crippen LogP contribution in [0.3, 0.4) is 0 Å². The molecule has 1 unspecified atom stereocenters. The highest BCUT2D eigenvalue weighted by Crippen LogP contribution is 2.31. The molecule has 0 aromatic rings. The molecule has 0 radical (unpaired) electrons. The lowest BCUT2D eigenvalue weighted by atomic mass is 9.77. The summed E-state index contributed by atoms with van der Waals surface area (Å²) >= 11 is 0. The second kappa shape index (κ2) is 6.44. The van der Waals surface area contributed by atoms with Gasteiger partial charge in [-0.05, 0) is 63.7 Å². The highest BCUT2D eigenvalue weighted by Gasteiger charge is 2.38. The molecule has 0 aromatic heterocycles. The van der Waals surface area contributed by atoms with Crippen LogP contribution in [0.25, 0.3) is 0 Å². The van der Waals surface area contributed by atoms with Crippen LogP contribution in [0.1, 0.15) is 39.5 Å². The van der Waals surface area contributed by atoms with Crippen molar-refractivity contribution in [3.8, 4) is 0 Å². The molecule has 2 heterocycles. The number of amides is 1. The van der Waals surface area contributed by atoms with Gasteiger partial charge in [-0.2, -0.15) is 0 Å². The molecule has 2 aliphatic heterocycles. The standard InChI is InChI=1S/C16H31N3O/c1-16(2)8-5-9-17-14(16)15(20)19(4)12-13-6-10-18(3)11-7-13/h13-14,17H,5-12H2,1-4H3. The van der Waals surface area contributed by atoms with Crippen molar-refractivity contribution in [2.24, 2.45) is 11.3 Å². The van der Waals surface area contributed by atoms with Crippen LogP contribution in [0.4, 0.5) is 0 Å². The number of rotatable bonds is 3. The summed E-state index contributed by atoms with van der Waals surface area (Å²) in [5, 5.41) is 3.43. The smallest absolute Gasteiger partial charge is 0.240 e. The van der Waals surface area contributed by atoms with Crippen LogP contribution < -0.4 is 5.32 Å². The fraction of sp³-hybridized carbons (Fsp3) is 0.938. The van der Waals surface area contributed by atoms with Gasteiger partial charge in [-0.1, -0.05) is 13.8 Å². The average molecular weight is 281 g/mol. The van der Waals surface area contributed by atoms with Crippen LogP contribution in [0.15, 0.2) is 0 Å². The molecule has 4 heteroatoms. The summed E-state index contributed by atoms with van der Waals surface area (Å²) in [5.41, 5.74) is 0.0797. The minimum absolute atomic E-state index is 0.00693. The van der Waals surface area contributed by atoms with E-state index in [0.29, 0.717) is 5.92 Å². The molecule has 0 bridgehead atoms. The number of hydrogen-bond acceptors (Lipinski definition) is 3. The van der Waals surface area contributed by atoms with Gasteiger partial charge in [-0.3, -0.25) is 4.79 Å². The van der Waals surface area contributed by atoms with E-state index < -0.39 is 0 Å². The van der Waals surface area contributed by atoms with Crippen LogP contribution >= 0.6 is 0 Å². The van der Waals surface area contributed by atoms with Gasteiger partial charge < -0.3 is 15.1 Å². The predicted molar refractivity (Wildman–Crippen MR) is 82.7 cm³/mol. The maximum Gasteiger partial charge on any atom is 0.240 e. The van der Waals surface area contributed by atoms with E-state index in [1.54, 1.807) is 0 Å². The third-order valence-electron chi connectivity index (χ3n) is 5.12. The Morgan fingerprint density at radius 3 is 2.60 bits per heavy atom. The summed E-state index contributed by atoms with van der Waals surface area (Å²) in [6.45, 7) is 8.65. The molecule has 2 aliphatic rings. The molecule has 0 spiro atoms. The van der Waals surface area contributed by atoms with Gasteiger partial charge >= 0.3 is 0 Å².